The molecule has 0 aliphatic carbocycles. The van der Waals surface area contributed by atoms with Crippen LogP contribution in [-0.2, 0) is 5.88 Å². The van der Waals surface area contributed by atoms with Crippen molar-refractivity contribution in [1.82, 2.24) is 14.5 Å². The molecule has 2 heterocycles. The van der Waals surface area contributed by atoms with Gasteiger partial charge in [-0.05, 0) is 30.7 Å². The molecule has 1 aromatic carbocycles. The van der Waals surface area contributed by atoms with Crippen molar-refractivity contribution in [2.45, 2.75) is 12.8 Å². The van der Waals surface area contributed by atoms with Crippen LogP contribution >= 0.6 is 11.6 Å². The summed E-state index contributed by atoms with van der Waals surface area (Å²) in [4.78, 5) is 8.45. The minimum absolute atomic E-state index is 0.0601. The highest BCUT2D eigenvalue weighted by Crippen LogP contribution is 2.25. The number of aryl methyl sites for hydroxylation is 1. The quantitative estimate of drug-likeness (QED) is 0.674. The Morgan fingerprint density at radius 2 is 2.05 bits per heavy atom. The van der Waals surface area contributed by atoms with E-state index in [2.05, 4.69) is 9.97 Å². The number of nitrogens with zero attached hydrogens (tertiary/aromatic N) is 3. The zero-order valence-corrected chi connectivity index (χ0v) is 11.3. The molecule has 0 radical (unpaired) electrons. The highest BCUT2D eigenvalue weighted by Gasteiger charge is 2.17. The van der Waals surface area contributed by atoms with Crippen LogP contribution in [0.1, 0.15) is 11.4 Å². The highest BCUT2D eigenvalue weighted by molar-refractivity contribution is 6.16. The van der Waals surface area contributed by atoms with Crippen LogP contribution in [0.5, 0.6) is 0 Å². The molecular weight excluding hydrogens is 284 g/mol. The predicted molar refractivity (Wildman–Crippen MR) is 73.1 cm³/mol. The Kier molecular flexibility index (Phi) is 3.14. The monoisotopic (exact) mass is 293 g/mol. The number of halogens is 3. The van der Waals surface area contributed by atoms with E-state index >= 15 is 0 Å². The Morgan fingerprint density at radius 3 is 2.80 bits per heavy atom. The number of pyridine rings is 1. The maximum atomic E-state index is 14.2. The van der Waals surface area contributed by atoms with E-state index in [-0.39, 0.29) is 17.1 Å². The molecule has 3 nitrogen and oxygen atoms in total. The van der Waals surface area contributed by atoms with Crippen molar-refractivity contribution in [2.24, 2.45) is 0 Å². The van der Waals surface area contributed by atoms with Gasteiger partial charge in [0.1, 0.15) is 23.0 Å². The van der Waals surface area contributed by atoms with Crippen molar-refractivity contribution >= 4 is 22.8 Å². The number of rotatable bonds is 2. The fourth-order valence-electron chi connectivity index (χ4n) is 2.11. The smallest absolute Gasteiger partial charge is 0.164 e. The summed E-state index contributed by atoms with van der Waals surface area (Å²) < 4.78 is 29.3. The molecule has 0 unspecified atom stereocenters. The Balaban J connectivity index is 2.36. The first kappa shape index (κ1) is 13.0. The molecule has 0 saturated carbocycles. The molecule has 6 heteroatoms. The average molecular weight is 294 g/mol. The second-order valence-corrected chi connectivity index (χ2v) is 4.66. The third-order valence-corrected chi connectivity index (χ3v) is 3.31. The Hall–Kier alpha value is -2.01. The van der Waals surface area contributed by atoms with Crippen LogP contribution in [0.3, 0.4) is 0 Å². The van der Waals surface area contributed by atoms with Gasteiger partial charge >= 0.3 is 0 Å². The highest BCUT2D eigenvalue weighted by atomic mass is 35.5. The first-order chi connectivity index (χ1) is 9.61. The average Bonchev–Trinajstić information content (AvgIpc) is 2.81. The summed E-state index contributed by atoms with van der Waals surface area (Å²) in [5.74, 6) is -0.534. The number of fused-ring (bicyclic) bond motifs is 1. The van der Waals surface area contributed by atoms with E-state index in [4.69, 9.17) is 11.6 Å². The summed E-state index contributed by atoms with van der Waals surface area (Å²) in [6, 6.07) is 5.76. The molecular formula is C14H10ClF2N3. The SMILES string of the molecule is Cc1cc(F)c(-n2c(CCl)nc3cccnc32)cc1F. The van der Waals surface area contributed by atoms with Gasteiger partial charge in [-0.1, -0.05) is 0 Å². The third-order valence-electron chi connectivity index (χ3n) is 3.07. The van der Waals surface area contributed by atoms with E-state index in [0.29, 0.717) is 17.0 Å². The molecule has 0 bridgehead atoms. The molecule has 3 aromatic rings. The van der Waals surface area contributed by atoms with E-state index in [0.717, 1.165) is 12.1 Å². The first-order valence-corrected chi connectivity index (χ1v) is 6.49. The maximum Gasteiger partial charge on any atom is 0.164 e. The molecule has 0 N–H and O–H groups in total. The Bertz CT molecular complexity index is 798. The molecule has 0 atom stereocenters. The van der Waals surface area contributed by atoms with Gasteiger partial charge in [0.15, 0.2) is 5.65 Å². The predicted octanol–water partition coefficient (Wildman–Crippen LogP) is 3.75. The summed E-state index contributed by atoms with van der Waals surface area (Å²) in [6.45, 7) is 1.51. The van der Waals surface area contributed by atoms with Gasteiger partial charge in [0.25, 0.3) is 0 Å². The number of alkyl halides is 1. The molecule has 0 amide bonds. The topological polar surface area (TPSA) is 30.7 Å². The van der Waals surface area contributed by atoms with Crippen LogP contribution in [0.4, 0.5) is 8.78 Å². The number of aromatic nitrogens is 3. The summed E-state index contributed by atoms with van der Waals surface area (Å²) in [5.41, 5.74) is 1.34. The van der Waals surface area contributed by atoms with E-state index in [1.54, 1.807) is 18.3 Å². The van der Waals surface area contributed by atoms with Crippen molar-refractivity contribution in [2.75, 3.05) is 0 Å². The molecule has 2 aromatic heterocycles. The summed E-state index contributed by atoms with van der Waals surface area (Å²) in [5, 5.41) is 0. The van der Waals surface area contributed by atoms with E-state index in [1.807, 2.05) is 0 Å². The maximum absolute atomic E-state index is 14.2. The van der Waals surface area contributed by atoms with Gasteiger partial charge in [-0.2, -0.15) is 0 Å². The zero-order valence-electron chi connectivity index (χ0n) is 10.6. The Labute approximate surface area is 118 Å². The largest absolute Gasteiger partial charge is 0.277 e. The van der Waals surface area contributed by atoms with Crippen molar-refractivity contribution in [1.29, 1.82) is 0 Å². The van der Waals surface area contributed by atoms with Crippen molar-refractivity contribution in [3.63, 3.8) is 0 Å². The van der Waals surface area contributed by atoms with Gasteiger partial charge in [-0.3, -0.25) is 4.57 Å². The van der Waals surface area contributed by atoms with Gasteiger partial charge in [-0.25, -0.2) is 18.7 Å². The van der Waals surface area contributed by atoms with Crippen LogP contribution in [0.15, 0.2) is 30.5 Å². The van der Waals surface area contributed by atoms with E-state index < -0.39 is 11.6 Å². The van der Waals surface area contributed by atoms with Gasteiger partial charge in [0.2, 0.25) is 0 Å². The van der Waals surface area contributed by atoms with Crippen LogP contribution in [0.2, 0.25) is 0 Å². The lowest BCUT2D eigenvalue weighted by molar-refractivity contribution is 0.585. The van der Waals surface area contributed by atoms with Gasteiger partial charge in [0, 0.05) is 12.3 Å². The summed E-state index contributed by atoms with van der Waals surface area (Å²) in [6.07, 6.45) is 1.57. The molecule has 0 aliphatic heterocycles. The van der Waals surface area contributed by atoms with Crippen LogP contribution in [0, 0.1) is 18.6 Å². The second kappa shape index (κ2) is 4.83. The number of hydrogen-bond donors (Lipinski definition) is 0. The van der Waals surface area contributed by atoms with Gasteiger partial charge in [-0.15, -0.1) is 11.6 Å². The lowest BCUT2D eigenvalue weighted by Crippen LogP contribution is -2.04. The zero-order chi connectivity index (χ0) is 14.3. The molecule has 0 spiro atoms. The molecule has 102 valence electrons. The molecule has 3 rings (SSSR count). The molecule has 0 fully saturated rings. The molecule has 0 aliphatic rings. The lowest BCUT2D eigenvalue weighted by Gasteiger charge is -2.09. The van der Waals surface area contributed by atoms with Gasteiger partial charge < -0.3 is 0 Å². The van der Waals surface area contributed by atoms with E-state index in [9.17, 15) is 8.78 Å². The van der Waals surface area contributed by atoms with Gasteiger partial charge in [0.05, 0.1) is 11.6 Å². The molecule has 0 saturated heterocycles. The van der Waals surface area contributed by atoms with E-state index in [1.165, 1.54) is 11.5 Å². The Morgan fingerprint density at radius 1 is 1.25 bits per heavy atom. The van der Waals surface area contributed by atoms with Crippen molar-refractivity contribution in [3.8, 4) is 5.69 Å². The minimum Gasteiger partial charge on any atom is -0.277 e. The minimum atomic E-state index is -0.541. The van der Waals surface area contributed by atoms with Crippen LogP contribution in [-0.4, -0.2) is 14.5 Å². The fourth-order valence-corrected chi connectivity index (χ4v) is 2.29. The number of benzene rings is 1. The first-order valence-electron chi connectivity index (χ1n) is 5.96. The fraction of sp³-hybridized carbons (Fsp3) is 0.143. The normalized spacial score (nSPS) is 11.2. The van der Waals surface area contributed by atoms with Crippen molar-refractivity contribution in [3.05, 3.63) is 53.5 Å². The summed E-state index contributed by atoms with van der Waals surface area (Å²) >= 11 is 5.85. The standard InChI is InChI=1S/C14H10ClF2N3/c1-8-5-10(17)12(6-9(8)16)20-13(7-15)19-11-3-2-4-18-14(11)20/h2-6H,7H2,1H3. The van der Waals surface area contributed by atoms with Crippen LogP contribution in [0.25, 0.3) is 16.9 Å². The summed E-state index contributed by atoms with van der Waals surface area (Å²) in [7, 11) is 0. The third kappa shape index (κ3) is 1.94. The van der Waals surface area contributed by atoms with Crippen LogP contribution < -0.4 is 0 Å². The lowest BCUT2D eigenvalue weighted by atomic mass is 10.2. The molecule has 20 heavy (non-hydrogen) atoms. The number of hydrogen-bond acceptors (Lipinski definition) is 2. The second-order valence-electron chi connectivity index (χ2n) is 4.40. The number of imidazole rings is 1. The van der Waals surface area contributed by atoms with Crippen molar-refractivity contribution < 1.29 is 8.78 Å².